The lowest BCUT2D eigenvalue weighted by molar-refractivity contribution is 0.511. The molecule has 0 fully saturated rings. The molecule has 78 valence electrons. The third kappa shape index (κ3) is 1.56. The third-order valence-electron chi connectivity index (χ3n) is 2.51. The van der Waals surface area contributed by atoms with Crippen molar-refractivity contribution in [2.75, 3.05) is 5.75 Å². The van der Waals surface area contributed by atoms with Gasteiger partial charge in [0, 0.05) is 6.04 Å². The zero-order chi connectivity index (χ0) is 10.3. The van der Waals surface area contributed by atoms with E-state index in [1.54, 1.807) is 6.20 Å². The number of rotatable bonds is 1. The molecule has 1 aromatic rings. The number of aryl methyl sites for hydroxylation is 1. The van der Waals surface area contributed by atoms with Gasteiger partial charge in [-0.2, -0.15) is 5.10 Å². The molecule has 0 aliphatic carbocycles. The Labute approximate surface area is 83.8 Å². The Morgan fingerprint density at radius 2 is 2.21 bits per heavy atom. The van der Waals surface area contributed by atoms with Crippen LogP contribution >= 0.6 is 0 Å². The van der Waals surface area contributed by atoms with Crippen molar-refractivity contribution in [1.82, 2.24) is 9.78 Å². The van der Waals surface area contributed by atoms with E-state index in [1.165, 1.54) is 0 Å². The van der Waals surface area contributed by atoms with E-state index in [1.807, 2.05) is 18.5 Å². The van der Waals surface area contributed by atoms with Crippen LogP contribution in [0.5, 0.6) is 0 Å². The third-order valence-corrected chi connectivity index (χ3v) is 4.05. The molecule has 0 atom stereocenters. The largest absolute Gasteiger partial charge is 0.266 e. The monoisotopic (exact) mass is 214 g/mol. The molecular formula is C9H14N2O2S. The zero-order valence-electron chi connectivity index (χ0n) is 8.40. The summed E-state index contributed by atoms with van der Waals surface area (Å²) >= 11 is 0. The van der Waals surface area contributed by atoms with E-state index in [-0.39, 0.29) is 17.5 Å². The molecule has 0 saturated carbocycles. The molecule has 4 nitrogen and oxygen atoms in total. The summed E-state index contributed by atoms with van der Waals surface area (Å²) < 4.78 is 24.7. The van der Waals surface area contributed by atoms with E-state index in [2.05, 4.69) is 5.10 Å². The lowest BCUT2D eigenvalue weighted by Gasteiger charge is -2.16. The fourth-order valence-electron chi connectivity index (χ4n) is 1.78. The van der Waals surface area contributed by atoms with Gasteiger partial charge in [0.15, 0.2) is 9.84 Å². The summed E-state index contributed by atoms with van der Waals surface area (Å²) in [5.41, 5.74) is 1.97. The van der Waals surface area contributed by atoms with Gasteiger partial charge in [0.25, 0.3) is 0 Å². The molecule has 0 N–H and O–H groups in total. The minimum absolute atomic E-state index is 0.153. The highest BCUT2D eigenvalue weighted by Gasteiger charge is 2.25. The molecule has 0 amide bonds. The fourth-order valence-corrected chi connectivity index (χ4v) is 3.19. The summed E-state index contributed by atoms with van der Waals surface area (Å²) in [6.45, 7) is 4.02. The van der Waals surface area contributed by atoms with Crippen LogP contribution in [0.25, 0.3) is 0 Å². The summed E-state index contributed by atoms with van der Waals surface area (Å²) in [5.74, 6) is 0.421. The van der Waals surface area contributed by atoms with Crippen LogP contribution in [0.4, 0.5) is 0 Å². The average molecular weight is 214 g/mol. The second-order valence-corrected chi connectivity index (χ2v) is 6.18. The highest BCUT2D eigenvalue weighted by molar-refractivity contribution is 7.90. The Hall–Kier alpha value is -0.840. The van der Waals surface area contributed by atoms with Crippen molar-refractivity contribution < 1.29 is 8.42 Å². The summed E-state index contributed by atoms with van der Waals surface area (Å²) in [4.78, 5) is 0. The van der Waals surface area contributed by atoms with Crippen molar-refractivity contribution in [3.8, 4) is 0 Å². The lowest BCUT2D eigenvalue weighted by Crippen LogP contribution is -2.21. The maximum atomic E-state index is 11.4. The molecular weight excluding hydrogens is 200 g/mol. The highest BCUT2D eigenvalue weighted by Crippen LogP contribution is 2.22. The number of sulfone groups is 1. The summed E-state index contributed by atoms with van der Waals surface area (Å²) in [7, 11) is -2.88. The van der Waals surface area contributed by atoms with E-state index < -0.39 is 9.84 Å². The molecule has 0 unspecified atom stereocenters. The normalized spacial score (nSPS) is 19.6. The van der Waals surface area contributed by atoms with E-state index in [9.17, 15) is 8.42 Å². The number of aromatic nitrogens is 2. The van der Waals surface area contributed by atoms with E-state index in [0.29, 0.717) is 6.42 Å². The Morgan fingerprint density at radius 1 is 1.50 bits per heavy atom. The predicted octanol–water partition coefficient (Wildman–Crippen LogP) is 0.935. The van der Waals surface area contributed by atoms with Crippen molar-refractivity contribution in [2.45, 2.75) is 32.1 Å². The van der Waals surface area contributed by atoms with Crippen LogP contribution in [0.15, 0.2) is 6.20 Å². The van der Waals surface area contributed by atoms with Gasteiger partial charge in [-0.1, -0.05) is 0 Å². The van der Waals surface area contributed by atoms with Crippen molar-refractivity contribution >= 4 is 9.84 Å². The first-order valence-electron chi connectivity index (χ1n) is 4.75. The van der Waals surface area contributed by atoms with Gasteiger partial charge in [0.05, 0.1) is 23.4 Å². The van der Waals surface area contributed by atoms with Crippen LogP contribution in [-0.4, -0.2) is 24.0 Å². The van der Waals surface area contributed by atoms with Gasteiger partial charge in [0.1, 0.15) is 0 Å². The smallest absolute Gasteiger partial charge is 0.156 e. The molecule has 0 aromatic carbocycles. The molecule has 1 aromatic heterocycles. The van der Waals surface area contributed by atoms with Crippen LogP contribution in [0.1, 0.15) is 31.1 Å². The second kappa shape index (κ2) is 3.08. The molecule has 0 bridgehead atoms. The molecule has 1 aliphatic heterocycles. The maximum Gasteiger partial charge on any atom is 0.156 e. The quantitative estimate of drug-likeness (QED) is 0.699. The first kappa shape index (κ1) is 9.71. The standard InChI is InChI=1S/C9H14N2O2S/c1-7(2)11-9-6-14(12,13)4-3-8(9)5-10-11/h5,7H,3-4,6H2,1-2H3. The number of nitrogens with zero attached hydrogens (tertiary/aromatic N) is 2. The van der Waals surface area contributed by atoms with Crippen molar-refractivity contribution in [2.24, 2.45) is 0 Å². The van der Waals surface area contributed by atoms with Crippen molar-refractivity contribution in [3.05, 3.63) is 17.5 Å². The molecule has 0 spiro atoms. The van der Waals surface area contributed by atoms with Gasteiger partial charge in [0.2, 0.25) is 0 Å². The Morgan fingerprint density at radius 3 is 2.86 bits per heavy atom. The van der Waals surface area contributed by atoms with E-state index in [0.717, 1.165) is 11.3 Å². The van der Waals surface area contributed by atoms with Crippen LogP contribution in [0.3, 0.4) is 0 Å². The zero-order valence-corrected chi connectivity index (χ0v) is 9.21. The van der Waals surface area contributed by atoms with E-state index in [4.69, 9.17) is 0 Å². The van der Waals surface area contributed by atoms with Gasteiger partial charge in [-0.25, -0.2) is 8.42 Å². The Kier molecular flexibility index (Phi) is 2.14. The fraction of sp³-hybridized carbons (Fsp3) is 0.667. The Bertz CT molecular complexity index is 445. The van der Waals surface area contributed by atoms with Crippen LogP contribution in [0.2, 0.25) is 0 Å². The topological polar surface area (TPSA) is 52.0 Å². The average Bonchev–Trinajstić information content (AvgIpc) is 2.44. The predicted molar refractivity (Wildman–Crippen MR) is 53.8 cm³/mol. The minimum Gasteiger partial charge on any atom is -0.266 e. The molecule has 5 heteroatoms. The van der Waals surface area contributed by atoms with Gasteiger partial charge >= 0.3 is 0 Å². The summed E-state index contributed by atoms with van der Waals surface area (Å²) in [6.07, 6.45) is 2.41. The minimum atomic E-state index is -2.88. The number of hydrogen-bond donors (Lipinski definition) is 0. The molecule has 0 saturated heterocycles. The number of fused-ring (bicyclic) bond motifs is 1. The van der Waals surface area contributed by atoms with Gasteiger partial charge < -0.3 is 0 Å². The molecule has 1 aliphatic rings. The van der Waals surface area contributed by atoms with Crippen LogP contribution < -0.4 is 0 Å². The lowest BCUT2D eigenvalue weighted by atomic mass is 10.2. The van der Waals surface area contributed by atoms with Crippen LogP contribution in [-0.2, 0) is 22.0 Å². The Balaban J connectivity index is 2.48. The maximum absolute atomic E-state index is 11.4. The van der Waals surface area contributed by atoms with Crippen molar-refractivity contribution in [1.29, 1.82) is 0 Å². The molecule has 14 heavy (non-hydrogen) atoms. The summed E-state index contributed by atoms with van der Waals surface area (Å²) in [5, 5.41) is 4.22. The van der Waals surface area contributed by atoms with Gasteiger partial charge in [-0.3, -0.25) is 4.68 Å². The van der Waals surface area contributed by atoms with Crippen LogP contribution in [0, 0.1) is 0 Å². The van der Waals surface area contributed by atoms with Crippen molar-refractivity contribution in [3.63, 3.8) is 0 Å². The van der Waals surface area contributed by atoms with Gasteiger partial charge in [-0.05, 0) is 25.8 Å². The first-order valence-corrected chi connectivity index (χ1v) is 6.57. The number of hydrogen-bond acceptors (Lipinski definition) is 3. The molecule has 0 radical (unpaired) electrons. The molecule has 2 heterocycles. The van der Waals surface area contributed by atoms with E-state index >= 15 is 0 Å². The van der Waals surface area contributed by atoms with Gasteiger partial charge in [-0.15, -0.1) is 0 Å². The highest BCUT2D eigenvalue weighted by atomic mass is 32.2. The molecule has 2 rings (SSSR count). The second-order valence-electron chi connectivity index (χ2n) is 4.00. The first-order chi connectivity index (χ1) is 6.49. The SMILES string of the molecule is CC(C)n1ncc2c1CS(=O)(=O)CC2. The summed E-state index contributed by atoms with van der Waals surface area (Å²) in [6, 6.07) is 0.229.